The van der Waals surface area contributed by atoms with Gasteiger partial charge in [-0.05, 0) is 62.2 Å². The molecule has 2 aliphatic rings. The van der Waals surface area contributed by atoms with Gasteiger partial charge in [-0.25, -0.2) is 16.8 Å². The Kier molecular flexibility index (Phi) is 6.17. The molecule has 0 aromatic rings. The standard InChI is InChI=1S/C17H30N2O4S2/c1-11-5-8-16(14(4)9-11)25(22,23)17(19-18)24(20,21)15-7-6-12(2)13(3)10-15/h11-16H,5-10H2,1-4H3. The third-order valence-corrected chi connectivity index (χ3v) is 11.6. The van der Waals surface area contributed by atoms with Gasteiger partial charge in [0, 0.05) is 0 Å². The minimum atomic E-state index is -4.17. The van der Waals surface area contributed by atoms with Crippen molar-refractivity contribution in [2.45, 2.75) is 76.7 Å². The Balaban J connectivity index is 2.33. The van der Waals surface area contributed by atoms with E-state index in [9.17, 15) is 22.4 Å². The number of hydrogen-bond acceptors (Lipinski definition) is 4. The van der Waals surface area contributed by atoms with Crippen molar-refractivity contribution in [2.24, 2.45) is 23.7 Å². The second-order valence-electron chi connectivity index (χ2n) is 8.28. The molecule has 0 N–H and O–H groups in total. The van der Waals surface area contributed by atoms with E-state index in [4.69, 9.17) is 0 Å². The molecule has 0 amide bonds. The van der Waals surface area contributed by atoms with Gasteiger partial charge in [-0.3, -0.25) is 0 Å². The predicted octanol–water partition coefficient (Wildman–Crippen LogP) is 3.05. The van der Waals surface area contributed by atoms with Gasteiger partial charge in [-0.2, -0.15) is 0 Å². The molecule has 0 aromatic carbocycles. The van der Waals surface area contributed by atoms with Gasteiger partial charge in [-0.15, -0.1) is 4.79 Å². The van der Waals surface area contributed by atoms with E-state index in [-0.39, 0.29) is 11.8 Å². The van der Waals surface area contributed by atoms with Crippen molar-refractivity contribution >= 4 is 24.1 Å². The molecule has 0 aromatic heterocycles. The minimum Gasteiger partial charge on any atom is -0.359 e. The van der Waals surface area contributed by atoms with Crippen LogP contribution >= 0.6 is 0 Å². The Hall–Kier alpha value is -0.720. The number of sulfone groups is 2. The van der Waals surface area contributed by atoms with Crippen LogP contribution in [0.3, 0.4) is 0 Å². The molecule has 25 heavy (non-hydrogen) atoms. The molecule has 0 aliphatic heterocycles. The van der Waals surface area contributed by atoms with Crippen LogP contribution in [0.5, 0.6) is 0 Å². The molecule has 0 saturated heterocycles. The van der Waals surface area contributed by atoms with Crippen molar-refractivity contribution in [1.29, 1.82) is 0 Å². The van der Waals surface area contributed by atoms with Crippen LogP contribution in [0.1, 0.15) is 66.2 Å². The molecule has 0 heterocycles. The van der Waals surface area contributed by atoms with E-state index < -0.39 is 34.6 Å². The van der Waals surface area contributed by atoms with E-state index in [2.05, 4.69) is 18.6 Å². The molecule has 6 nitrogen and oxygen atoms in total. The van der Waals surface area contributed by atoms with Crippen LogP contribution in [0.2, 0.25) is 0 Å². The maximum Gasteiger partial charge on any atom is 0.495 e. The highest BCUT2D eigenvalue weighted by molar-refractivity contribution is 8.31. The Morgan fingerprint density at radius 1 is 0.800 bits per heavy atom. The van der Waals surface area contributed by atoms with Crippen molar-refractivity contribution in [2.75, 3.05) is 0 Å². The van der Waals surface area contributed by atoms with Crippen molar-refractivity contribution < 1.29 is 21.6 Å². The minimum absolute atomic E-state index is 0.147. The fourth-order valence-corrected chi connectivity index (χ4v) is 9.44. The molecule has 2 aliphatic carbocycles. The van der Waals surface area contributed by atoms with E-state index >= 15 is 0 Å². The molecular weight excluding hydrogens is 360 g/mol. The maximum absolute atomic E-state index is 13.0. The third-order valence-electron chi connectivity index (χ3n) is 6.31. The van der Waals surface area contributed by atoms with Gasteiger partial charge in [0.2, 0.25) is 0 Å². The molecule has 0 spiro atoms. The first kappa shape index (κ1) is 20.6. The van der Waals surface area contributed by atoms with E-state index in [1.54, 1.807) is 0 Å². The molecule has 2 fully saturated rings. The quantitative estimate of drug-likeness (QED) is 0.313. The number of hydrogen-bond donors (Lipinski definition) is 0. The predicted molar refractivity (Wildman–Crippen MR) is 98.4 cm³/mol. The summed E-state index contributed by atoms with van der Waals surface area (Å²) in [6.45, 7) is 7.98. The molecule has 8 heteroatoms. The molecule has 144 valence electrons. The van der Waals surface area contributed by atoms with E-state index in [0.717, 1.165) is 19.3 Å². The fraction of sp³-hybridized carbons (Fsp3) is 0.941. The van der Waals surface area contributed by atoms with Crippen molar-refractivity contribution in [3.05, 3.63) is 5.53 Å². The van der Waals surface area contributed by atoms with Crippen molar-refractivity contribution in [3.8, 4) is 0 Å². The Morgan fingerprint density at radius 3 is 1.96 bits per heavy atom. The zero-order valence-electron chi connectivity index (χ0n) is 15.6. The Morgan fingerprint density at radius 2 is 1.44 bits per heavy atom. The highest BCUT2D eigenvalue weighted by Crippen LogP contribution is 2.37. The highest BCUT2D eigenvalue weighted by atomic mass is 32.3. The van der Waals surface area contributed by atoms with Gasteiger partial charge in [0.15, 0.2) is 0 Å². The van der Waals surface area contributed by atoms with Gasteiger partial charge < -0.3 is 5.53 Å². The molecule has 2 saturated carbocycles. The van der Waals surface area contributed by atoms with Gasteiger partial charge in [0.25, 0.3) is 19.7 Å². The van der Waals surface area contributed by atoms with Crippen LogP contribution in [-0.4, -0.2) is 36.5 Å². The first-order valence-corrected chi connectivity index (χ1v) is 12.3. The molecule has 6 unspecified atom stereocenters. The lowest BCUT2D eigenvalue weighted by atomic mass is 9.81. The molecule has 0 radical (unpaired) electrons. The molecule has 0 bridgehead atoms. The van der Waals surface area contributed by atoms with Gasteiger partial charge in [0.1, 0.15) is 0 Å². The van der Waals surface area contributed by atoms with E-state index in [0.29, 0.717) is 31.1 Å². The summed E-state index contributed by atoms with van der Waals surface area (Å²) in [5.41, 5.74) is 9.34. The summed E-state index contributed by atoms with van der Waals surface area (Å²) in [5, 5.41) is -1.57. The van der Waals surface area contributed by atoms with E-state index in [1.807, 2.05) is 13.8 Å². The molecule has 6 atom stereocenters. The maximum atomic E-state index is 13.0. The second kappa shape index (κ2) is 7.49. The summed E-state index contributed by atoms with van der Waals surface area (Å²) in [5.74, 6) is 0.891. The topological polar surface area (TPSA) is 105 Å². The van der Waals surface area contributed by atoms with E-state index in [1.165, 1.54) is 0 Å². The second-order valence-corrected chi connectivity index (χ2v) is 12.8. The SMILES string of the molecule is CC1CCC(S(=O)(=O)C(=[N+]=[N-])S(=O)(=O)C2CCC(C)C(C)C2)C(C)C1. The highest BCUT2D eigenvalue weighted by Gasteiger charge is 2.52. The summed E-state index contributed by atoms with van der Waals surface area (Å²) >= 11 is 0. The lowest BCUT2D eigenvalue weighted by molar-refractivity contribution is 0.00349. The van der Waals surface area contributed by atoms with Crippen molar-refractivity contribution in [3.63, 3.8) is 0 Å². The third kappa shape index (κ3) is 4.01. The average molecular weight is 391 g/mol. The van der Waals surface area contributed by atoms with Gasteiger partial charge in [-0.1, -0.05) is 27.7 Å². The number of nitrogens with zero attached hydrogens (tertiary/aromatic N) is 2. The zero-order chi connectivity index (χ0) is 19.0. The summed E-state index contributed by atoms with van der Waals surface area (Å²) in [7, 11) is -8.34. The lowest BCUT2D eigenvalue weighted by Gasteiger charge is -2.32. The van der Waals surface area contributed by atoms with Crippen molar-refractivity contribution in [1.82, 2.24) is 0 Å². The van der Waals surface area contributed by atoms with Crippen LogP contribution in [0.4, 0.5) is 0 Å². The van der Waals surface area contributed by atoms with Crippen LogP contribution in [-0.2, 0) is 19.7 Å². The zero-order valence-corrected chi connectivity index (χ0v) is 17.2. The normalized spacial score (nSPS) is 37.3. The monoisotopic (exact) mass is 390 g/mol. The fourth-order valence-electron chi connectivity index (χ4n) is 4.43. The molecule has 2 rings (SSSR count). The van der Waals surface area contributed by atoms with Crippen LogP contribution in [0, 0.1) is 23.7 Å². The summed E-state index contributed by atoms with van der Waals surface area (Å²) in [6, 6.07) is 0. The smallest absolute Gasteiger partial charge is 0.359 e. The number of rotatable bonds is 2. The summed E-state index contributed by atoms with van der Waals surface area (Å²) < 4.78 is 50.9. The van der Waals surface area contributed by atoms with Gasteiger partial charge in [0.05, 0.1) is 10.5 Å². The van der Waals surface area contributed by atoms with Crippen LogP contribution in [0.15, 0.2) is 0 Å². The van der Waals surface area contributed by atoms with Gasteiger partial charge >= 0.3 is 4.38 Å². The van der Waals surface area contributed by atoms with Crippen LogP contribution < -0.4 is 0 Å². The first-order valence-electron chi connectivity index (χ1n) is 9.21. The molecular formula is C17H30N2O4S2. The lowest BCUT2D eigenvalue weighted by Crippen LogP contribution is -2.44. The Bertz CT molecular complexity index is 754. The Labute approximate surface area is 151 Å². The summed E-state index contributed by atoms with van der Waals surface area (Å²) in [4.78, 5) is 2.82. The largest absolute Gasteiger partial charge is 0.495 e. The summed E-state index contributed by atoms with van der Waals surface area (Å²) in [6.07, 6.45) is 3.46. The first-order chi connectivity index (χ1) is 11.5. The van der Waals surface area contributed by atoms with Crippen LogP contribution in [0.25, 0.3) is 5.53 Å². The average Bonchev–Trinajstić information content (AvgIpc) is 2.49.